The molecule has 6 rings (SSSR count). The Labute approximate surface area is 207 Å². The van der Waals surface area contributed by atoms with Gasteiger partial charge in [-0.1, -0.05) is 20.3 Å². The highest BCUT2D eigenvalue weighted by Gasteiger charge is 2.22. The number of benzene rings is 2. The number of rotatable bonds is 5. The van der Waals surface area contributed by atoms with Crippen molar-refractivity contribution in [2.24, 2.45) is 0 Å². The van der Waals surface area contributed by atoms with Crippen molar-refractivity contribution in [2.45, 2.75) is 45.7 Å². The standard InChI is InChI=1S/C24H24N6O2.C3H8.H2/c1-25-13-23-27-11-17(29-23)14-4-6-19-21(9-14)31-20-7-5-15(10-22(20)32-19)18-12-28-24(30-18)16-3-2-8-26-16;1-3-2;/h4-7,9-12,16,25-26H,2-3,8,13H2,1H3,(H,27,29)(H,28,30);3H2,1-2H3;1H. The van der Waals surface area contributed by atoms with Gasteiger partial charge in [0.15, 0.2) is 23.0 Å². The van der Waals surface area contributed by atoms with Gasteiger partial charge in [-0.3, -0.25) is 0 Å². The van der Waals surface area contributed by atoms with Crippen LogP contribution in [0.3, 0.4) is 0 Å². The van der Waals surface area contributed by atoms with E-state index in [0.29, 0.717) is 35.6 Å². The number of aromatic nitrogens is 4. The highest BCUT2D eigenvalue weighted by molar-refractivity contribution is 5.69. The quantitative estimate of drug-likeness (QED) is 0.243. The van der Waals surface area contributed by atoms with Crippen LogP contribution in [0, 0.1) is 0 Å². The van der Waals surface area contributed by atoms with E-state index in [1.54, 1.807) is 0 Å². The van der Waals surface area contributed by atoms with Crippen LogP contribution in [0.1, 0.15) is 52.2 Å². The molecule has 1 unspecified atom stereocenters. The maximum absolute atomic E-state index is 6.17. The van der Waals surface area contributed by atoms with Crippen LogP contribution < -0.4 is 20.1 Å². The van der Waals surface area contributed by atoms with Crippen LogP contribution >= 0.6 is 0 Å². The topological polar surface area (TPSA) is 99.9 Å². The number of ether oxygens (including phenoxy) is 2. The van der Waals surface area contributed by atoms with Crippen molar-refractivity contribution in [1.82, 2.24) is 30.6 Å². The summed E-state index contributed by atoms with van der Waals surface area (Å²) in [5.41, 5.74) is 3.92. The lowest BCUT2D eigenvalue weighted by atomic mass is 10.1. The van der Waals surface area contributed by atoms with Gasteiger partial charge in [-0.2, -0.15) is 0 Å². The summed E-state index contributed by atoms with van der Waals surface area (Å²) in [7, 11) is 1.90. The van der Waals surface area contributed by atoms with Crippen molar-refractivity contribution in [3.05, 3.63) is 60.4 Å². The molecule has 0 saturated carbocycles. The maximum atomic E-state index is 6.17. The first-order chi connectivity index (χ1) is 17.2. The zero-order chi connectivity index (χ0) is 24.2. The molecule has 2 aromatic heterocycles. The molecular weight excluding hydrogens is 440 g/mol. The number of fused-ring (bicyclic) bond motifs is 2. The highest BCUT2D eigenvalue weighted by Crippen LogP contribution is 2.47. The molecule has 0 spiro atoms. The van der Waals surface area contributed by atoms with E-state index in [0.717, 1.165) is 47.1 Å². The second-order valence-electron chi connectivity index (χ2n) is 8.84. The van der Waals surface area contributed by atoms with E-state index in [9.17, 15) is 0 Å². The number of nitrogens with zero attached hydrogens (tertiary/aromatic N) is 2. The molecule has 0 amide bonds. The lowest BCUT2D eigenvalue weighted by molar-refractivity contribution is 0.360. The molecule has 1 saturated heterocycles. The van der Waals surface area contributed by atoms with Crippen LogP contribution in [0.4, 0.5) is 0 Å². The third kappa shape index (κ3) is 4.94. The van der Waals surface area contributed by atoms with Gasteiger partial charge < -0.3 is 30.1 Å². The third-order valence-electron chi connectivity index (χ3n) is 5.91. The van der Waals surface area contributed by atoms with Gasteiger partial charge in [-0.05, 0) is 62.8 Å². The smallest absolute Gasteiger partial charge is 0.170 e. The summed E-state index contributed by atoms with van der Waals surface area (Å²) in [6.45, 7) is 5.98. The van der Waals surface area contributed by atoms with Gasteiger partial charge in [0.1, 0.15) is 11.6 Å². The first-order valence-corrected chi connectivity index (χ1v) is 12.3. The molecule has 0 radical (unpaired) electrons. The Kier molecular flexibility index (Phi) is 6.83. The molecule has 2 aliphatic heterocycles. The van der Waals surface area contributed by atoms with Crippen LogP contribution in [-0.4, -0.2) is 33.5 Å². The lowest BCUT2D eigenvalue weighted by Gasteiger charge is -2.21. The van der Waals surface area contributed by atoms with Gasteiger partial charge in [0, 0.05) is 12.6 Å². The molecule has 2 aliphatic rings. The van der Waals surface area contributed by atoms with Gasteiger partial charge in [0.2, 0.25) is 0 Å². The van der Waals surface area contributed by atoms with E-state index < -0.39 is 0 Å². The molecule has 8 heteroatoms. The van der Waals surface area contributed by atoms with E-state index in [4.69, 9.17) is 9.47 Å². The molecular formula is C27H34N6O2. The summed E-state index contributed by atoms with van der Waals surface area (Å²) in [4.78, 5) is 15.7. The normalized spacial score (nSPS) is 15.9. The molecule has 4 aromatic rings. The molecule has 1 atom stereocenters. The maximum Gasteiger partial charge on any atom is 0.170 e. The molecule has 4 heterocycles. The van der Waals surface area contributed by atoms with Crippen LogP contribution in [0.2, 0.25) is 0 Å². The number of aromatic amines is 2. The first-order valence-electron chi connectivity index (χ1n) is 12.3. The number of H-pyrrole nitrogens is 2. The van der Waals surface area contributed by atoms with E-state index in [2.05, 4.69) is 44.4 Å². The molecule has 8 nitrogen and oxygen atoms in total. The predicted octanol–water partition coefficient (Wildman–Crippen LogP) is 6.17. The summed E-state index contributed by atoms with van der Waals surface area (Å²) in [5.74, 6) is 4.63. The van der Waals surface area contributed by atoms with Crippen LogP contribution in [0.5, 0.6) is 23.0 Å². The monoisotopic (exact) mass is 474 g/mol. The highest BCUT2D eigenvalue weighted by atomic mass is 16.6. The van der Waals surface area contributed by atoms with Crippen molar-refractivity contribution in [2.75, 3.05) is 13.6 Å². The minimum atomic E-state index is 0. The minimum Gasteiger partial charge on any atom is -0.449 e. The van der Waals surface area contributed by atoms with Gasteiger partial charge >= 0.3 is 0 Å². The number of hydrogen-bond acceptors (Lipinski definition) is 6. The van der Waals surface area contributed by atoms with Crippen molar-refractivity contribution in [3.63, 3.8) is 0 Å². The summed E-state index contributed by atoms with van der Waals surface area (Å²) < 4.78 is 12.3. The summed E-state index contributed by atoms with van der Waals surface area (Å²) in [6, 6.07) is 12.2. The van der Waals surface area contributed by atoms with Crippen molar-refractivity contribution in [1.29, 1.82) is 0 Å². The van der Waals surface area contributed by atoms with Crippen molar-refractivity contribution < 1.29 is 10.9 Å². The first kappa shape index (κ1) is 23.1. The van der Waals surface area contributed by atoms with Gasteiger partial charge in [-0.25, -0.2) is 9.97 Å². The fraction of sp³-hybridized carbons (Fsp3) is 0.333. The summed E-state index contributed by atoms with van der Waals surface area (Å²) >= 11 is 0. The summed E-state index contributed by atoms with van der Waals surface area (Å²) in [6.07, 6.45) is 7.26. The number of imidazole rings is 2. The average Bonchev–Trinajstić information content (AvgIpc) is 3.65. The van der Waals surface area contributed by atoms with Crippen LogP contribution in [-0.2, 0) is 6.54 Å². The Hall–Kier alpha value is -3.62. The van der Waals surface area contributed by atoms with E-state index in [1.807, 2.05) is 55.8 Å². The van der Waals surface area contributed by atoms with Crippen molar-refractivity contribution in [3.8, 4) is 45.5 Å². The van der Waals surface area contributed by atoms with E-state index in [-0.39, 0.29) is 1.43 Å². The van der Waals surface area contributed by atoms with Gasteiger partial charge in [0.25, 0.3) is 0 Å². The largest absolute Gasteiger partial charge is 0.449 e. The lowest BCUT2D eigenvalue weighted by Crippen LogP contribution is -2.14. The Bertz CT molecular complexity index is 1300. The number of hydrogen-bond donors (Lipinski definition) is 4. The fourth-order valence-corrected chi connectivity index (χ4v) is 4.26. The molecule has 0 aliphatic carbocycles. The summed E-state index contributed by atoms with van der Waals surface area (Å²) in [5, 5.41) is 6.57. The van der Waals surface area contributed by atoms with Crippen molar-refractivity contribution >= 4 is 0 Å². The van der Waals surface area contributed by atoms with Gasteiger partial charge in [0.05, 0.1) is 36.4 Å². The molecule has 2 aromatic carbocycles. The SMILES string of the molecule is CCC.CNCc1ncc(-c2ccc3c(c2)Oc2ccc(-c4cnc(C5CCCN5)[nH]4)cc2O3)[nH]1.[HH]. The Morgan fingerprint density at radius 1 is 0.914 bits per heavy atom. The molecule has 0 bridgehead atoms. The second kappa shape index (κ2) is 10.3. The third-order valence-corrected chi connectivity index (χ3v) is 5.91. The van der Waals surface area contributed by atoms with Gasteiger partial charge in [-0.15, -0.1) is 0 Å². The second-order valence-corrected chi connectivity index (χ2v) is 8.84. The predicted molar refractivity (Wildman–Crippen MR) is 139 cm³/mol. The zero-order valence-corrected chi connectivity index (χ0v) is 20.4. The van der Waals surface area contributed by atoms with Crippen LogP contribution in [0.15, 0.2) is 48.8 Å². The Balaban J connectivity index is 0.000000726. The molecule has 1 fully saturated rings. The number of nitrogens with one attached hydrogen (secondary N) is 4. The van der Waals surface area contributed by atoms with E-state index in [1.165, 1.54) is 12.8 Å². The van der Waals surface area contributed by atoms with Crippen LogP contribution in [0.25, 0.3) is 22.5 Å². The average molecular weight is 475 g/mol. The fourth-order valence-electron chi connectivity index (χ4n) is 4.26. The Morgan fingerprint density at radius 3 is 2.14 bits per heavy atom. The molecule has 4 N–H and O–H groups in total. The Morgan fingerprint density at radius 2 is 1.54 bits per heavy atom. The zero-order valence-electron chi connectivity index (χ0n) is 20.4. The molecule has 184 valence electrons. The minimum absolute atomic E-state index is 0. The molecule has 35 heavy (non-hydrogen) atoms. The van der Waals surface area contributed by atoms with E-state index >= 15 is 0 Å².